The highest BCUT2D eigenvalue weighted by atomic mass is 32.2. The van der Waals surface area contributed by atoms with Crippen LogP contribution in [0.1, 0.15) is 143 Å². The fourth-order valence-electron chi connectivity index (χ4n) is 8.37. The Hall–Kier alpha value is -2.82. The van der Waals surface area contributed by atoms with E-state index in [4.69, 9.17) is 0 Å². The second kappa shape index (κ2) is 16.9. The first-order valence-corrected chi connectivity index (χ1v) is 22.1. The highest BCUT2D eigenvalue weighted by molar-refractivity contribution is 8.03. The van der Waals surface area contributed by atoms with Crippen LogP contribution in [0.15, 0.2) is 48.5 Å². The fourth-order valence-corrected chi connectivity index (χ4v) is 11.4. The summed E-state index contributed by atoms with van der Waals surface area (Å²) in [5, 5.41) is 25.0. The van der Waals surface area contributed by atoms with Crippen LogP contribution in [0.5, 0.6) is 11.5 Å². The van der Waals surface area contributed by atoms with Crippen LogP contribution in [0.4, 0.5) is 0 Å². The number of thioether (sulfide) groups is 2. The van der Waals surface area contributed by atoms with Crippen molar-refractivity contribution in [2.24, 2.45) is 0 Å². The average molecular weight is 751 g/mol. The van der Waals surface area contributed by atoms with Gasteiger partial charge in [-0.1, -0.05) is 122 Å². The minimum absolute atomic E-state index is 0.0372. The summed E-state index contributed by atoms with van der Waals surface area (Å²) >= 11 is 4.08. The molecule has 2 atom stereocenters. The Kier molecular flexibility index (Phi) is 13.2. The molecule has 4 aromatic rings. The molecule has 53 heavy (non-hydrogen) atoms. The summed E-state index contributed by atoms with van der Waals surface area (Å²) in [6.07, 6.45) is 8.39. The predicted molar refractivity (Wildman–Crippen MR) is 235 cm³/mol. The molecule has 0 aromatic heterocycles. The molecule has 0 saturated heterocycles. The molecule has 0 amide bonds. The molecular weight excluding hydrogens is 685 g/mol. The third-order valence-corrected chi connectivity index (χ3v) is 14.4. The maximum atomic E-state index is 12.0. The quantitative estimate of drug-likeness (QED) is 0.179. The zero-order valence-corrected chi connectivity index (χ0v) is 36.5. The summed E-state index contributed by atoms with van der Waals surface area (Å²) < 4.78 is 0. The molecule has 5 rings (SSSR count). The van der Waals surface area contributed by atoms with Crippen LogP contribution in [0.2, 0.25) is 0 Å². The van der Waals surface area contributed by atoms with Crippen molar-refractivity contribution in [2.45, 2.75) is 161 Å². The number of hydrogen-bond donors (Lipinski definition) is 2. The van der Waals surface area contributed by atoms with Gasteiger partial charge < -0.3 is 10.2 Å². The molecule has 1 aliphatic carbocycles. The molecule has 1 aliphatic rings. The van der Waals surface area contributed by atoms with E-state index in [-0.39, 0.29) is 10.8 Å². The number of phenolic OH excluding ortho intramolecular Hbond substituents is 2. The molecule has 0 radical (unpaired) electrons. The fraction of sp³-hybridized carbons (Fsp3) is 0.510. The van der Waals surface area contributed by atoms with Crippen LogP contribution in [-0.4, -0.2) is 20.7 Å². The molecule has 4 aromatic carbocycles. The number of phenols is 2. The average Bonchev–Trinajstić information content (AvgIpc) is 3.04. The second-order valence-corrected chi connectivity index (χ2v) is 20.5. The highest BCUT2D eigenvalue weighted by Gasteiger charge is 2.28. The van der Waals surface area contributed by atoms with E-state index in [0.717, 1.165) is 45.7 Å². The van der Waals surface area contributed by atoms with Crippen LogP contribution < -0.4 is 0 Å². The van der Waals surface area contributed by atoms with Gasteiger partial charge in [0, 0.05) is 44.3 Å². The monoisotopic (exact) mass is 750 g/mol. The third-order valence-electron chi connectivity index (χ3n) is 11.3. The van der Waals surface area contributed by atoms with Crippen LogP contribution in [0.25, 0.3) is 22.3 Å². The molecule has 2 N–H and O–H groups in total. The Labute approximate surface area is 331 Å². The number of hydrogen-bond acceptors (Lipinski definition) is 4. The number of aromatic hydroxyl groups is 2. The van der Waals surface area contributed by atoms with E-state index < -0.39 is 0 Å². The van der Waals surface area contributed by atoms with Crippen molar-refractivity contribution in [3.8, 4) is 33.8 Å². The van der Waals surface area contributed by atoms with E-state index in [9.17, 15) is 10.2 Å². The van der Waals surface area contributed by atoms with E-state index >= 15 is 0 Å². The van der Waals surface area contributed by atoms with Gasteiger partial charge in [-0.05, 0) is 121 Å². The smallest absolute Gasteiger partial charge is 0.127 e. The van der Waals surface area contributed by atoms with Gasteiger partial charge in [-0.3, -0.25) is 0 Å². The molecule has 286 valence electrons. The van der Waals surface area contributed by atoms with Crippen LogP contribution in [0.3, 0.4) is 0 Å². The summed E-state index contributed by atoms with van der Waals surface area (Å²) in [5.74, 6) is 2.46. The van der Waals surface area contributed by atoms with Crippen molar-refractivity contribution in [3.63, 3.8) is 0 Å². The van der Waals surface area contributed by atoms with E-state index in [0.29, 0.717) is 22.0 Å². The molecule has 2 unspecified atom stereocenters. The van der Waals surface area contributed by atoms with Gasteiger partial charge >= 0.3 is 0 Å². The van der Waals surface area contributed by atoms with Crippen LogP contribution >= 0.6 is 23.5 Å². The van der Waals surface area contributed by atoms with Gasteiger partial charge in [-0.15, -0.1) is 0 Å². The zero-order valence-electron chi connectivity index (χ0n) is 34.8. The normalized spacial score (nSPS) is 17.1. The van der Waals surface area contributed by atoms with Gasteiger partial charge in [0.05, 0.1) is 0 Å². The van der Waals surface area contributed by atoms with Gasteiger partial charge in [-0.25, -0.2) is 0 Å². The first-order valence-electron chi connectivity index (χ1n) is 20.0. The zero-order chi connectivity index (χ0) is 38.8. The lowest BCUT2D eigenvalue weighted by atomic mass is 9.82. The minimum atomic E-state index is -0.0381. The highest BCUT2D eigenvalue weighted by Crippen LogP contribution is 2.46. The van der Waals surface area contributed by atoms with Gasteiger partial charge in [0.25, 0.3) is 0 Å². The van der Waals surface area contributed by atoms with Gasteiger partial charge in [0.1, 0.15) is 11.5 Å². The second-order valence-electron chi connectivity index (χ2n) is 18.0. The lowest BCUT2D eigenvalue weighted by Crippen LogP contribution is -2.22. The van der Waals surface area contributed by atoms with Crippen molar-refractivity contribution in [1.29, 1.82) is 0 Å². The third kappa shape index (κ3) is 9.71. The van der Waals surface area contributed by atoms with Crippen molar-refractivity contribution in [1.82, 2.24) is 0 Å². The molecule has 1 saturated carbocycles. The number of benzene rings is 4. The van der Waals surface area contributed by atoms with Crippen molar-refractivity contribution in [3.05, 3.63) is 104 Å². The Morgan fingerprint density at radius 3 is 1.34 bits per heavy atom. The maximum Gasteiger partial charge on any atom is 0.127 e. The van der Waals surface area contributed by atoms with Crippen molar-refractivity contribution < 1.29 is 10.2 Å². The summed E-state index contributed by atoms with van der Waals surface area (Å²) in [6.45, 7) is 26.7. The van der Waals surface area contributed by atoms with E-state index in [1.54, 1.807) is 0 Å². The van der Waals surface area contributed by atoms with E-state index in [1.165, 1.54) is 88.6 Å². The van der Waals surface area contributed by atoms with Gasteiger partial charge in [0.15, 0.2) is 0 Å². The molecule has 0 aliphatic heterocycles. The number of aryl methyl sites for hydroxylation is 6. The molecule has 1 fully saturated rings. The molecular formula is C49H66O2S2. The largest absolute Gasteiger partial charge is 0.507 e. The molecule has 0 bridgehead atoms. The predicted octanol–water partition coefficient (Wildman–Crippen LogP) is 14.4. The SMILES string of the molecule is CCc1cc(C)cc(C)c1-c1cc(C(C)(C)C)cc(CSC2CCCCCCC2SCc2cc(C(C)(C)C)cc(-c3c(C)cc(C)cc3C)c2O)c1O. The lowest BCUT2D eigenvalue weighted by molar-refractivity contribution is 0.470. The minimum Gasteiger partial charge on any atom is -0.507 e. The molecule has 2 nitrogen and oxygen atoms in total. The molecule has 4 heteroatoms. The number of rotatable bonds is 9. The standard InChI is InChI=1S/C49H66O2S2/c1-13-35-23-31(3)22-34(6)45(35)41-27-39(49(10,11)12)25-37(47(41)51)29-53-43-19-17-15-14-16-18-42(43)52-28-36-24-38(48(7,8)9)26-40(46(36)50)44-32(4)20-30(2)21-33(44)5/h20-27,42-43,50-51H,13-19,28-29H2,1-12H3. The summed E-state index contributed by atoms with van der Waals surface area (Å²) in [6, 6.07) is 18.0. The topological polar surface area (TPSA) is 40.5 Å². The first-order chi connectivity index (χ1) is 24.9. The Morgan fingerprint density at radius 1 is 0.528 bits per heavy atom. The summed E-state index contributed by atoms with van der Waals surface area (Å²) in [5.41, 5.74) is 16.3. The van der Waals surface area contributed by atoms with E-state index in [1.807, 2.05) is 23.5 Å². The molecule has 0 spiro atoms. The van der Waals surface area contributed by atoms with Crippen molar-refractivity contribution >= 4 is 23.5 Å². The van der Waals surface area contributed by atoms with Gasteiger partial charge in [0.2, 0.25) is 0 Å². The van der Waals surface area contributed by atoms with Crippen LogP contribution in [-0.2, 0) is 28.8 Å². The Bertz CT molecular complexity index is 1900. The van der Waals surface area contributed by atoms with Crippen LogP contribution in [0, 0.1) is 34.6 Å². The van der Waals surface area contributed by atoms with E-state index in [2.05, 4.69) is 132 Å². The first kappa shape index (κ1) is 41.3. The Morgan fingerprint density at radius 2 is 0.925 bits per heavy atom. The summed E-state index contributed by atoms with van der Waals surface area (Å²) in [4.78, 5) is 0. The van der Waals surface area contributed by atoms with Crippen molar-refractivity contribution in [2.75, 3.05) is 0 Å². The lowest BCUT2D eigenvalue weighted by Gasteiger charge is -2.30. The van der Waals surface area contributed by atoms with Gasteiger partial charge in [-0.2, -0.15) is 23.5 Å². The summed E-state index contributed by atoms with van der Waals surface area (Å²) in [7, 11) is 0. The maximum absolute atomic E-state index is 12.0. The molecule has 0 heterocycles. The Balaban J connectivity index is 1.48.